The second-order valence-electron chi connectivity index (χ2n) is 3.46. The standard InChI is InChI=1S/C9H12BrN5O/c1-15-5-6(13-14-15)4-8(12-11)7-2-3-16-9(7)10/h2-3,5,8,12H,4,11H2,1H3. The smallest absolute Gasteiger partial charge is 0.173 e. The van der Waals surface area contributed by atoms with E-state index in [1.807, 2.05) is 19.3 Å². The number of aromatic nitrogens is 3. The van der Waals surface area contributed by atoms with Gasteiger partial charge < -0.3 is 4.42 Å². The Hall–Kier alpha value is -1.18. The van der Waals surface area contributed by atoms with Crippen molar-refractivity contribution in [1.82, 2.24) is 20.4 Å². The van der Waals surface area contributed by atoms with Gasteiger partial charge in [-0.05, 0) is 22.0 Å². The van der Waals surface area contributed by atoms with Crippen LogP contribution in [0.15, 0.2) is 27.6 Å². The first-order valence-corrected chi connectivity index (χ1v) is 5.54. The van der Waals surface area contributed by atoms with Gasteiger partial charge in [-0.15, -0.1) is 5.10 Å². The van der Waals surface area contributed by atoms with Gasteiger partial charge in [0.15, 0.2) is 4.67 Å². The minimum absolute atomic E-state index is 0.0511. The second kappa shape index (κ2) is 4.77. The highest BCUT2D eigenvalue weighted by atomic mass is 79.9. The summed E-state index contributed by atoms with van der Waals surface area (Å²) < 4.78 is 7.51. The first kappa shape index (κ1) is 11.3. The van der Waals surface area contributed by atoms with Crippen molar-refractivity contribution in [3.05, 3.63) is 34.5 Å². The number of rotatable bonds is 4. The van der Waals surface area contributed by atoms with Crippen LogP contribution in [-0.2, 0) is 13.5 Å². The monoisotopic (exact) mass is 285 g/mol. The van der Waals surface area contributed by atoms with Gasteiger partial charge in [-0.1, -0.05) is 5.21 Å². The molecule has 0 aromatic carbocycles. The van der Waals surface area contributed by atoms with Crippen LogP contribution in [0, 0.1) is 0 Å². The number of hydrogen-bond acceptors (Lipinski definition) is 5. The van der Waals surface area contributed by atoms with E-state index in [1.165, 1.54) is 0 Å². The number of halogens is 1. The lowest BCUT2D eigenvalue weighted by Crippen LogP contribution is -2.29. The van der Waals surface area contributed by atoms with E-state index in [0.29, 0.717) is 11.1 Å². The highest BCUT2D eigenvalue weighted by molar-refractivity contribution is 9.10. The topological polar surface area (TPSA) is 81.9 Å². The van der Waals surface area contributed by atoms with E-state index in [0.717, 1.165) is 11.3 Å². The number of hydrogen-bond donors (Lipinski definition) is 2. The van der Waals surface area contributed by atoms with Crippen LogP contribution in [0.5, 0.6) is 0 Å². The van der Waals surface area contributed by atoms with Crippen molar-refractivity contribution in [1.29, 1.82) is 0 Å². The van der Waals surface area contributed by atoms with Crippen LogP contribution in [0.3, 0.4) is 0 Å². The molecule has 1 unspecified atom stereocenters. The molecule has 6 nitrogen and oxygen atoms in total. The Bertz CT molecular complexity index is 466. The molecule has 0 aliphatic carbocycles. The summed E-state index contributed by atoms with van der Waals surface area (Å²) >= 11 is 3.32. The summed E-state index contributed by atoms with van der Waals surface area (Å²) in [6, 6.07) is 1.81. The molecular weight excluding hydrogens is 274 g/mol. The number of hydrazine groups is 1. The van der Waals surface area contributed by atoms with Crippen LogP contribution in [0.4, 0.5) is 0 Å². The van der Waals surface area contributed by atoms with Gasteiger partial charge in [0.2, 0.25) is 0 Å². The van der Waals surface area contributed by atoms with Gasteiger partial charge in [0.1, 0.15) is 0 Å². The number of nitrogens with two attached hydrogens (primary N) is 1. The van der Waals surface area contributed by atoms with Gasteiger partial charge in [-0.3, -0.25) is 16.0 Å². The van der Waals surface area contributed by atoms with Crippen molar-refractivity contribution in [2.45, 2.75) is 12.5 Å². The molecule has 0 saturated carbocycles. The zero-order valence-corrected chi connectivity index (χ0v) is 10.3. The van der Waals surface area contributed by atoms with Crippen LogP contribution in [-0.4, -0.2) is 15.0 Å². The van der Waals surface area contributed by atoms with E-state index in [2.05, 4.69) is 31.7 Å². The Labute approximate surface area is 101 Å². The molecule has 0 aliphatic heterocycles. The van der Waals surface area contributed by atoms with Gasteiger partial charge in [-0.25, -0.2) is 0 Å². The van der Waals surface area contributed by atoms with Crippen LogP contribution in [0.25, 0.3) is 0 Å². The average Bonchev–Trinajstić information content (AvgIpc) is 2.84. The molecule has 0 spiro atoms. The Balaban J connectivity index is 2.15. The van der Waals surface area contributed by atoms with Gasteiger partial charge in [0, 0.05) is 25.2 Å². The largest absolute Gasteiger partial charge is 0.457 e. The lowest BCUT2D eigenvalue weighted by Gasteiger charge is -2.12. The number of nitrogens with zero attached hydrogens (tertiary/aromatic N) is 3. The minimum atomic E-state index is -0.0511. The molecule has 2 aromatic rings. The molecule has 1 atom stereocenters. The third-order valence-corrected chi connectivity index (χ3v) is 2.93. The molecule has 0 saturated heterocycles. The van der Waals surface area contributed by atoms with E-state index in [1.54, 1.807) is 10.9 Å². The molecule has 0 radical (unpaired) electrons. The van der Waals surface area contributed by atoms with E-state index >= 15 is 0 Å². The predicted octanol–water partition coefficient (Wildman–Crippen LogP) is 0.918. The van der Waals surface area contributed by atoms with E-state index in [-0.39, 0.29) is 6.04 Å². The summed E-state index contributed by atoms with van der Waals surface area (Å²) in [7, 11) is 1.83. The normalized spacial score (nSPS) is 12.9. The van der Waals surface area contributed by atoms with Crippen molar-refractivity contribution < 1.29 is 4.42 Å². The Morgan fingerprint density at radius 1 is 1.69 bits per heavy atom. The number of nitrogens with one attached hydrogen (secondary N) is 1. The van der Waals surface area contributed by atoms with Gasteiger partial charge >= 0.3 is 0 Å². The van der Waals surface area contributed by atoms with Crippen LogP contribution < -0.4 is 11.3 Å². The van der Waals surface area contributed by atoms with E-state index in [9.17, 15) is 0 Å². The Kier molecular flexibility index (Phi) is 3.37. The minimum Gasteiger partial charge on any atom is -0.457 e. The first-order valence-electron chi connectivity index (χ1n) is 4.75. The molecule has 2 heterocycles. The van der Waals surface area contributed by atoms with Gasteiger partial charge in [-0.2, -0.15) is 0 Å². The molecule has 2 rings (SSSR count). The summed E-state index contributed by atoms with van der Waals surface area (Å²) in [5.74, 6) is 5.52. The number of aryl methyl sites for hydroxylation is 1. The first-order chi connectivity index (χ1) is 7.70. The second-order valence-corrected chi connectivity index (χ2v) is 4.18. The molecule has 86 valence electrons. The van der Waals surface area contributed by atoms with Gasteiger partial charge in [0.25, 0.3) is 0 Å². The lowest BCUT2D eigenvalue weighted by atomic mass is 10.1. The van der Waals surface area contributed by atoms with Crippen molar-refractivity contribution in [3.8, 4) is 0 Å². The van der Waals surface area contributed by atoms with Crippen molar-refractivity contribution >= 4 is 15.9 Å². The molecule has 7 heteroatoms. The molecular formula is C9H12BrN5O. The highest BCUT2D eigenvalue weighted by Gasteiger charge is 2.17. The summed E-state index contributed by atoms with van der Waals surface area (Å²) in [6.07, 6.45) is 4.13. The summed E-state index contributed by atoms with van der Waals surface area (Å²) in [4.78, 5) is 0. The predicted molar refractivity (Wildman–Crippen MR) is 61.2 cm³/mol. The summed E-state index contributed by atoms with van der Waals surface area (Å²) in [5, 5.41) is 7.89. The fraction of sp³-hybridized carbons (Fsp3) is 0.333. The van der Waals surface area contributed by atoms with Crippen LogP contribution >= 0.6 is 15.9 Å². The fourth-order valence-corrected chi connectivity index (χ4v) is 2.03. The van der Waals surface area contributed by atoms with E-state index in [4.69, 9.17) is 10.3 Å². The average molecular weight is 286 g/mol. The van der Waals surface area contributed by atoms with Crippen molar-refractivity contribution in [3.63, 3.8) is 0 Å². The van der Waals surface area contributed by atoms with Gasteiger partial charge in [0.05, 0.1) is 18.0 Å². The number of furan rings is 1. The zero-order chi connectivity index (χ0) is 11.5. The summed E-state index contributed by atoms with van der Waals surface area (Å²) in [5.41, 5.74) is 4.58. The quantitative estimate of drug-likeness (QED) is 0.645. The van der Waals surface area contributed by atoms with Crippen molar-refractivity contribution in [2.24, 2.45) is 12.9 Å². The van der Waals surface area contributed by atoms with E-state index < -0.39 is 0 Å². The molecule has 0 aliphatic rings. The molecule has 0 fully saturated rings. The molecule has 2 aromatic heterocycles. The molecule has 0 bridgehead atoms. The van der Waals surface area contributed by atoms with Crippen molar-refractivity contribution in [2.75, 3.05) is 0 Å². The molecule has 0 amide bonds. The molecule has 16 heavy (non-hydrogen) atoms. The Morgan fingerprint density at radius 3 is 3.00 bits per heavy atom. The lowest BCUT2D eigenvalue weighted by molar-refractivity contribution is 0.504. The third kappa shape index (κ3) is 2.31. The van der Waals surface area contributed by atoms with Crippen LogP contribution in [0.2, 0.25) is 0 Å². The fourth-order valence-electron chi connectivity index (χ4n) is 1.51. The van der Waals surface area contributed by atoms with Crippen LogP contribution in [0.1, 0.15) is 17.3 Å². The Morgan fingerprint density at radius 2 is 2.50 bits per heavy atom. The maximum absolute atomic E-state index is 5.52. The summed E-state index contributed by atoms with van der Waals surface area (Å²) in [6.45, 7) is 0. The highest BCUT2D eigenvalue weighted by Crippen LogP contribution is 2.26. The SMILES string of the molecule is Cn1cc(CC(NN)c2ccoc2Br)nn1. The zero-order valence-electron chi connectivity index (χ0n) is 8.72. The third-order valence-electron chi connectivity index (χ3n) is 2.29. The maximum atomic E-state index is 5.52. The molecule has 3 N–H and O–H groups in total. The maximum Gasteiger partial charge on any atom is 0.173 e.